The molecule has 202 valence electrons. The molecule has 5 aromatic carbocycles. The molecule has 4 nitrogen and oxygen atoms in total. The molecular weight excluding hydrogens is 524 g/mol. The van der Waals surface area contributed by atoms with Gasteiger partial charge in [-0.25, -0.2) is 0 Å². The summed E-state index contributed by atoms with van der Waals surface area (Å²) in [6, 6.07) is 44.9. The van der Waals surface area contributed by atoms with E-state index in [1.807, 2.05) is 12.1 Å². The molecule has 8 rings (SSSR count). The minimum atomic E-state index is 0.228. The average Bonchev–Trinajstić information content (AvgIpc) is 3.58. The van der Waals surface area contributed by atoms with Crippen molar-refractivity contribution >= 4 is 38.8 Å². The van der Waals surface area contributed by atoms with E-state index in [1.165, 1.54) is 11.1 Å². The van der Waals surface area contributed by atoms with E-state index >= 15 is 0 Å². The van der Waals surface area contributed by atoms with Gasteiger partial charge in [0.2, 0.25) is 0 Å². The summed E-state index contributed by atoms with van der Waals surface area (Å²) in [5.41, 5.74) is 11.7. The number of benzene rings is 5. The maximum Gasteiger partial charge on any atom is 0.0991 e. The van der Waals surface area contributed by atoms with Crippen LogP contribution in [0.15, 0.2) is 121 Å². The number of nitriles is 2. The highest BCUT2D eigenvalue weighted by Crippen LogP contribution is 2.42. The first kappa shape index (κ1) is 24.9. The van der Waals surface area contributed by atoms with Crippen LogP contribution in [0.5, 0.6) is 0 Å². The van der Waals surface area contributed by atoms with Crippen molar-refractivity contribution in [3.8, 4) is 34.6 Å². The molecule has 7 aromatic rings. The fourth-order valence-electron chi connectivity index (χ4n) is 6.91. The van der Waals surface area contributed by atoms with E-state index in [4.69, 9.17) is 0 Å². The van der Waals surface area contributed by atoms with Crippen molar-refractivity contribution in [3.05, 3.63) is 138 Å². The molecule has 2 heterocycles. The highest BCUT2D eigenvalue weighted by molar-refractivity contribution is 6.09. The highest BCUT2D eigenvalue weighted by atomic mass is 15.0. The SMILES string of the molecule is CC1CC(C#N)=Cc2c1n(-c1cccc(-c3cccc(-n4c5ccccc5c5cc(C#N)ccc54)c3)c1)c1ccccc21. The lowest BCUT2D eigenvalue weighted by Gasteiger charge is -2.21. The van der Waals surface area contributed by atoms with Gasteiger partial charge in [-0.3, -0.25) is 0 Å². The van der Waals surface area contributed by atoms with Gasteiger partial charge in [0, 0.05) is 50.3 Å². The second kappa shape index (κ2) is 9.62. The summed E-state index contributed by atoms with van der Waals surface area (Å²) in [5.74, 6) is 0.228. The summed E-state index contributed by atoms with van der Waals surface area (Å²) in [7, 11) is 0. The van der Waals surface area contributed by atoms with Gasteiger partial charge in [-0.1, -0.05) is 67.6 Å². The molecule has 2 aromatic heterocycles. The predicted octanol–water partition coefficient (Wildman–Crippen LogP) is 9.68. The molecule has 1 atom stereocenters. The third-order valence-corrected chi connectivity index (χ3v) is 8.75. The molecule has 0 bridgehead atoms. The van der Waals surface area contributed by atoms with E-state index in [9.17, 15) is 10.5 Å². The van der Waals surface area contributed by atoms with Crippen LogP contribution in [0.1, 0.15) is 36.1 Å². The second-order valence-electron chi connectivity index (χ2n) is 11.3. The van der Waals surface area contributed by atoms with Gasteiger partial charge in [-0.15, -0.1) is 0 Å². The molecule has 0 amide bonds. The zero-order valence-corrected chi connectivity index (χ0v) is 23.6. The Bertz CT molecular complexity index is 2370. The summed E-state index contributed by atoms with van der Waals surface area (Å²) >= 11 is 0. The van der Waals surface area contributed by atoms with Crippen molar-refractivity contribution in [2.45, 2.75) is 19.3 Å². The zero-order chi connectivity index (χ0) is 29.1. The lowest BCUT2D eigenvalue weighted by Crippen LogP contribution is -2.09. The number of fused-ring (bicyclic) bond motifs is 6. The molecule has 43 heavy (non-hydrogen) atoms. The molecule has 0 saturated carbocycles. The number of para-hydroxylation sites is 2. The van der Waals surface area contributed by atoms with Gasteiger partial charge < -0.3 is 9.13 Å². The van der Waals surface area contributed by atoms with Gasteiger partial charge in [0.1, 0.15) is 0 Å². The van der Waals surface area contributed by atoms with Gasteiger partial charge in [0.25, 0.3) is 0 Å². The first-order chi connectivity index (χ1) is 21.1. The topological polar surface area (TPSA) is 57.4 Å². The number of aromatic nitrogens is 2. The van der Waals surface area contributed by atoms with Crippen LogP contribution in [-0.2, 0) is 0 Å². The van der Waals surface area contributed by atoms with Crippen molar-refractivity contribution in [2.75, 3.05) is 0 Å². The Balaban J connectivity index is 1.30. The molecule has 4 heteroatoms. The maximum absolute atomic E-state index is 9.68. The Morgan fingerprint density at radius 2 is 1.23 bits per heavy atom. The van der Waals surface area contributed by atoms with Crippen LogP contribution in [-0.4, -0.2) is 9.13 Å². The van der Waals surface area contributed by atoms with Crippen molar-refractivity contribution in [2.24, 2.45) is 0 Å². The summed E-state index contributed by atoms with van der Waals surface area (Å²) in [6.45, 7) is 2.22. The van der Waals surface area contributed by atoms with Crippen LogP contribution in [0.2, 0.25) is 0 Å². The standard InChI is InChI=1S/C39H26N4/c1-25-18-27(24-41)20-35-33-13-3-5-15-37(33)43(39(25)35)31-11-7-9-29(22-31)28-8-6-10-30(21-28)42-36-14-4-2-12-32(36)34-19-26(23-40)16-17-38(34)42/h2-17,19-22,25H,18H2,1H3. The smallest absolute Gasteiger partial charge is 0.0991 e. The van der Waals surface area contributed by atoms with Gasteiger partial charge >= 0.3 is 0 Å². The quantitative estimate of drug-likeness (QED) is 0.220. The Morgan fingerprint density at radius 3 is 1.93 bits per heavy atom. The van der Waals surface area contributed by atoms with Gasteiger partial charge in [-0.2, -0.15) is 10.5 Å². The Labute approximate surface area is 249 Å². The molecule has 0 fully saturated rings. The summed E-state index contributed by atoms with van der Waals surface area (Å²) in [6.07, 6.45) is 2.82. The number of allylic oxidation sites excluding steroid dienone is 1. The zero-order valence-electron chi connectivity index (χ0n) is 23.6. The number of hydrogen-bond donors (Lipinski definition) is 0. The molecule has 0 saturated heterocycles. The lowest BCUT2D eigenvalue weighted by atomic mass is 9.88. The summed E-state index contributed by atoms with van der Waals surface area (Å²) < 4.78 is 4.67. The monoisotopic (exact) mass is 550 g/mol. The fraction of sp³-hybridized carbons (Fsp3) is 0.0769. The van der Waals surface area contributed by atoms with E-state index in [0.29, 0.717) is 5.56 Å². The molecule has 1 aliphatic rings. The second-order valence-corrected chi connectivity index (χ2v) is 11.3. The molecule has 0 N–H and O–H groups in total. The summed E-state index contributed by atoms with van der Waals surface area (Å²) in [5, 5.41) is 22.6. The molecule has 0 spiro atoms. The molecule has 0 aliphatic heterocycles. The maximum atomic E-state index is 9.68. The van der Waals surface area contributed by atoms with E-state index in [2.05, 4.69) is 137 Å². The Morgan fingerprint density at radius 1 is 0.605 bits per heavy atom. The number of hydrogen-bond acceptors (Lipinski definition) is 2. The van der Waals surface area contributed by atoms with Crippen LogP contribution in [0.25, 0.3) is 61.3 Å². The largest absolute Gasteiger partial charge is 0.313 e. The van der Waals surface area contributed by atoms with E-state index in [-0.39, 0.29) is 5.92 Å². The van der Waals surface area contributed by atoms with Crippen molar-refractivity contribution < 1.29 is 0 Å². The molecular formula is C39H26N4. The number of rotatable bonds is 3. The molecule has 0 radical (unpaired) electrons. The van der Waals surface area contributed by atoms with Crippen LogP contribution in [0.3, 0.4) is 0 Å². The van der Waals surface area contributed by atoms with Crippen LogP contribution in [0.4, 0.5) is 0 Å². The van der Waals surface area contributed by atoms with Crippen molar-refractivity contribution in [1.29, 1.82) is 10.5 Å². The highest BCUT2D eigenvalue weighted by Gasteiger charge is 2.26. The van der Waals surface area contributed by atoms with E-state index in [1.54, 1.807) is 0 Å². The van der Waals surface area contributed by atoms with Crippen LogP contribution in [0, 0.1) is 22.7 Å². The van der Waals surface area contributed by atoms with E-state index in [0.717, 1.165) is 67.4 Å². The molecule has 1 unspecified atom stereocenters. The molecule has 1 aliphatic carbocycles. The van der Waals surface area contributed by atoms with Gasteiger partial charge in [-0.05, 0) is 78.2 Å². The Kier molecular flexibility index (Phi) is 5.58. The van der Waals surface area contributed by atoms with Crippen molar-refractivity contribution in [3.63, 3.8) is 0 Å². The third kappa shape index (κ3) is 3.82. The third-order valence-electron chi connectivity index (χ3n) is 8.75. The average molecular weight is 551 g/mol. The predicted molar refractivity (Wildman–Crippen MR) is 174 cm³/mol. The van der Waals surface area contributed by atoms with Crippen LogP contribution < -0.4 is 0 Å². The van der Waals surface area contributed by atoms with Crippen molar-refractivity contribution in [1.82, 2.24) is 9.13 Å². The fourth-order valence-corrected chi connectivity index (χ4v) is 6.91. The van der Waals surface area contributed by atoms with E-state index < -0.39 is 0 Å². The lowest BCUT2D eigenvalue weighted by molar-refractivity contribution is 0.710. The minimum absolute atomic E-state index is 0.228. The first-order valence-corrected chi connectivity index (χ1v) is 14.5. The minimum Gasteiger partial charge on any atom is -0.313 e. The first-order valence-electron chi connectivity index (χ1n) is 14.5. The Hall–Kier alpha value is -5.84. The summed E-state index contributed by atoms with van der Waals surface area (Å²) in [4.78, 5) is 0. The van der Waals surface area contributed by atoms with Gasteiger partial charge in [0.05, 0.1) is 34.3 Å². The van der Waals surface area contributed by atoms with Crippen LogP contribution >= 0.6 is 0 Å². The number of nitrogens with zero attached hydrogens (tertiary/aromatic N) is 4. The normalized spacial score (nSPS) is 14.4. The van der Waals surface area contributed by atoms with Gasteiger partial charge in [0.15, 0.2) is 0 Å².